The Kier molecular flexibility index (Phi) is 4.42. The lowest BCUT2D eigenvalue weighted by Gasteiger charge is -2.24. The summed E-state index contributed by atoms with van der Waals surface area (Å²) in [6, 6.07) is 5.40. The number of rotatable bonds is 5. The summed E-state index contributed by atoms with van der Waals surface area (Å²) in [5, 5.41) is 10.2. The number of aliphatic hydroxyl groups is 1. The molecule has 1 N–H and O–H groups in total. The second-order valence-corrected chi connectivity index (χ2v) is 5.54. The number of imide groups is 1. The van der Waals surface area contributed by atoms with Crippen molar-refractivity contribution in [1.82, 2.24) is 4.90 Å². The SMILES string of the molecule is CCC1(CC)CC(=O)N(C[C@@H](O)c2ccc(F)cc2)C1=O. The molecule has 1 atom stereocenters. The average Bonchev–Trinajstić information content (AvgIpc) is 2.72. The van der Waals surface area contributed by atoms with Crippen LogP contribution in [0.2, 0.25) is 0 Å². The first-order valence-corrected chi connectivity index (χ1v) is 7.22. The highest BCUT2D eigenvalue weighted by atomic mass is 19.1. The Morgan fingerprint density at radius 1 is 1.24 bits per heavy atom. The maximum absolute atomic E-state index is 12.9. The molecule has 0 spiro atoms. The van der Waals surface area contributed by atoms with E-state index in [1.807, 2.05) is 13.8 Å². The van der Waals surface area contributed by atoms with E-state index in [0.717, 1.165) is 4.90 Å². The minimum absolute atomic E-state index is 0.0783. The number of amides is 2. The Morgan fingerprint density at radius 2 is 1.81 bits per heavy atom. The number of hydrogen-bond acceptors (Lipinski definition) is 3. The van der Waals surface area contributed by atoms with E-state index >= 15 is 0 Å². The summed E-state index contributed by atoms with van der Waals surface area (Å²) in [6.45, 7) is 3.72. The van der Waals surface area contributed by atoms with Gasteiger partial charge in [0.05, 0.1) is 18.1 Å². The molecule has 0 unspecified atom stereocenters. The number of carbonyl (C=O) groups is 2. The lowest BCUT2D eigenvalue weighted by atomic mass is 9.81. The van der Waals surface area contributed by atoms with Gasteiger partial charge in [0.2, 0.25) is 11.8 Å². The van der Waals surface area contributed by atoms with E-state index in [1.54, 1.807) is 0 Å². The van der Waals surface area contributed by atoms with Gasteiger partial charge in [-0.25, -0.2) is 4.39 Å². The minimum Gasteiger partial charge on any atom is -0.387 e. The third kappa shape index (κ3) is 2.83. The Balaban J connectivity index is 2.14. The molecule has 0 aliphatic carbocycles. The molecule has 0 bridgehead atoms. The average molecular weight is 293 g/mol. The van der Waals surface area contributed by atoms with Crippen molar-refractivity contribution in [2.45, 2.75) is 39.2 Å². The number of halogens is 1. The van der Waals surface area contributed by atoms with Gasteiger partial charge in [-0.05, 0) is 30.5 Å². The van der Waals surface area contributed by atoms with Gasteiger partial charge in [-0.3, -0.25) is 14.5 Å². The highest BCUT2D eigenvalue weighted by Crippen LogP contribution is 2.39. The minimum atomic E-state index is -0.997. The van der Waals surface area contributed by atoms with Crippen molar-refractivity contribution < 1.29 is 19.1 Å². The van der Waals surface area contributed by atoms with Gasteiger partial charge in [-0.2, -0.15) is 0 Å². The molecule has 21 heavy (non-hydrogen) atoms. The highest BCUT2D eigenvalue weighted by Gasteiger charge is 2.49. The van der Waals surface area contributed by atoms with Crippen LogP contribution in [0.25, 0.3) is 0 Å². The Hall–Kier alpha value is -1.75. The van der Waals surface area contributed by atoms with Crippen molar-refractivity contribution in [1.29, 1.82) is 0 Å². The quantitative estimate of drug-likeness (QED) is 0.848. The summed E-state index contributed by atoms with van der Waals surface area (Å²) in [5.41, 5.74) is -0.137. The van der Waals surface area contributed by atoms with Gasteiger partial charge < -0.3 is 5.11 Å². The lowest BCUT2D eigenvalue weighted by molar-refractivity contribution is -0.143. The van der Waals surface area contributed by atoms with E-state index < -0.39 is 17.3 Å². The summed E-state index contributed by atoms with van der Waals surface area (Å²) in [7, 11) is 0. The van der Waals surface area contributed by atoms with Crippen molar-refractivity contribution in [2.24, 2.45) is 5.41 Å². The van der Waals surface area contributed by atoms with Crippen molar-refractivity contribution in [2.75, 3.05) is 6.54 Å². The number of likely N-dealkylation sites (tertiary alicyclic amines) is 1. The normalized spacial score (nSPS) is 19.1. The lowest BCUT2D eigenvalue weighted by Crippen LogP contribution is -2.37. The summed E-state index contributed by atoms with van der Waals surface area (Å²) in [6.07, 6.45) is 0.423. The van der Waals surface area contributed by atoms with Crippen molar-refractivity contribution >= 4 is 11.8 Å². The van der Waals surface area contributed by atoms with Gasteiger partial charge >= 0.3 is 0 Å². The van der Waals surface area contributed by atoms with Crippen LogP contribution in [0.4, 0.5) is 4.39 Å². The fourth-order valence-corrected chi connectivity index (χ4v) is 2.81. The van der Waals surface area contributed by atoms with Crippen LogP contribution in [-0.2, 0) is 9.59 Å². The fraction of sp³-hybridized carbons (Fsp3) is 0.500. The monoisotopic (exact) mass is 293 g/mol. The fourth-order valence-electron chi connectivity index (χ4n) is 2.81. The summed E-state index contributed by atoms with van der Waals surface area (Å²) in [5.74, 6) is -0.848. The zero-order valence-corrected chi connectivity index (χ0v) is 12.3. The first kappa shape index (κ1) is 15.6. The standard InChI is InChI=1S/C16H20FNO3/c1-3-16(4-2)9-14(20)18(15(16)21)10-13(19)11-5-7-12(17)8-6-11/h5-8,13,19H,3-4,9-10H2,1-2H3/t13-/m1/s1. The summed E-state index contributed by atoms with van der Waals surface area (Å²) >= 11 is 0. The highest BCUT2D eigenvalue weighted by molar-refractivity contribution is 6.05. The first-order valence-electron chi connectivity index (χ1n) is 7.22. The summed E-state index contributed by atoms with van der Waals surface area (Å²) < 4.78 is 12.9. The largest absolute Gasteiger partial charge is 0.387 e. The van der Waals surface area contributed by atoms with Crippen molar-refractivity contribution in [3.8, 4) is 0 Å². The molecule has 2 rings (SSSR count). The molecule has 0 radical (unpaired) electrons. The molecule has 1 aromatic carbocycles. The third-order valence-electron chi connectivity index (χ3n) is 4.45. The molecule has 1 aromatic rings. The molecule has 1 aliphatic heterocycles. The van der Waals surface area contributed by atoms with Gasteiger partial charge in [0, 0.05) is 6.42 Å². The smallest absolute Gasteiger partial charge is 0.235 e. The number of hydrogen-bond donors (Lipinski definition) is 1. The van der Waals surface area contributed by atoms with Crippen molar-refractivity contribution in [3.05, 3.63) is 35.6 Å². The van der Waals surface area contributed by atoms with Gasteiger partial charge in [-0.15, -0.1) is 0 Å². The van der Waals surface area contributed by atoms with E-state index in [4.69, 9.17) is 0 Å². The maximum atomic E-state index is 12.9. The van der Waals surface area contributed by atoms with Gasteiger partial charge in [0.15, 0.2) is 0 Å². The van der Waals surface area contributed by atoms with Gasteiger partial charge in [0.25, 0.3) is 0 Å². The molecule has 0 aromatic heterocycles. The molecule has 0 saturated carbocycles. The first-order chi connectivity index (χ1) is 9.93. The number of aliphatic hydroxyl groups excluding tert-OH is 1. The predicted molar refractivity (Wildman–Crippen MR) is 75.7 cm³/mol. The second-order valence-electron chi connectivity index (χ2n) is 5.54. The number of benzene rings is 1. The topological polar surface area (TPSA) is 57.6 Å². The van der Waals surface area contributed by atoms with E-state index in [2.05, 4.69) is 0 Å². The van der Waals surface area contributed by atoms with Gasteiger partial charge in [0.1, 0.15) is 5.82 Å². The number of nitrogens with zero attached hydrogens (tertiary/aromatic N) is 1. The third-order valence-corrected chi connectivity index (χ3v) is 4.45. The molecule has 1 aliphatic rings. The predicted octanol–water partition coefficient (Wildman–Crippen LogP) is 2.42. The molecular formula is C16H20FNO3. The molecular weight excluding hydrogens is 273 g/mol. The Labute approximate surface area is 123 Å². The molecule has 1 heterocycles. The Morgan fingerprint density at radius 3 is 2.29 bits per heavy atom. The molecule has 1 saturated heterocycles. The van der Waals surface area contributed by atoms with Gasteiger partial charge in [-0.1, -0.05) is 26.0 Å². The number of carbonyl (C=O) groups excluding carboxylic acids is 2. The van der Waals surface area contributed by atoms with Crippen LogP contribution < -0.4 is 0 Å². The van der Waals surface area contributed by atoms with Crippen LogP contribution in [-0.4, -0.2) is 28.4 Å². The zero-order valence-electron chi connectivity index (χ0n) is 12.3. The molecule has 5 heteroatoms. The molecule has 2 amide bonds. The Bertz CT molecular complexity index is 537. The molecule has 114 valence electrons. The summed E-state index contributed by atoms with van der Waals surface area (Å²) in [4.78, 5) is 25.7. The van der Waals surface area contributed by atoms with Crippen LogP contribution in [0.3, 0.4) is 0 Å². The second kappa shape index (κ2) is 5.93. The van der Waals surface area contributed by atoms with Crippen LogP contribution in [0.5, 0.6) is 0 Å². The van der Waals surface area contributed by atoms with Crippen LogP contribution >= 0.6 is 0 Å². The van der Waals surface area contributed by atoms with Crippen LogP contribution in [0, 0.1) is 11.2 Å². The van der Waals surface area contributed by atoms with Crippen LogP contribution in [0.1, 0.15) is 44.8 Å². The molecule has 1 fully saturated rings. The van der Waals surface area contributed by atoms with E-state index in [0.29, 0.717) is 18.4 Å². The molecule has 4 nitrogen and oxygen atoms in total. The van der Waals surface area contributed by atoms with Crippen LogP contribution in [0.15, 0.2) is 24.3 Å². The zero-order chi connectivity index (χ0) is 15.6. The van der Waals surface area contributed by atoms with E-state index in [9.17, 15) is 19.1 Å². The maximum Gasteiger partial charge on any atom is 0.235 e. The van der Waals surface area contributed by atoms with E-state index in [-0.39, 0.29) is 24.8 Å². The number of β-amino-alcohol motifs (C(OH)–C–C–N with tert-alkyl or cyclic N) is 1. The van der Waals surface area contributed by atoms with E-state index in [1.165, 1.54) is 24.3 Å². The van der Waals surface area contributed by atoms with Crippen molar-refractivity contribution in [3.63, 3.8) is 0 Å².